The predicted octanol–water partition coefficient (Wildman–Crippen LogP) is 8.73. The van der Waals surface area contributed by atoms with Gasteiger partial charge in [-0.15, -0.1) is 0 Å². The first-order valence-electron chi connectivity index (χ1n) is 12.4. The Kier molecular flexibility index (Phi) is 5.56. The van der Waals surface area contributed by atoms with E-state index in [-0.39, 0.29) is 0 Å². The SMILES string of the molecule is Brc1ccc(-c2ccc3c4ccccc4n(-c4nc(-c5ccccc5)nc(-c5ccccc5)n4)c3c2)cc1. The van der Waals surface area contributed by atoms with Gasteiger partial charge in [-0.3, -0.25) is 4.57 Å². The molecule has 0 amide bonds. The summed E-state index contributed by atoms with van der Waals surface area (Å²) < 4.78 is 3.22. The second kappa shape index (κ2) is 9.36. The van der Waals surface area contributed by atoms with Crippen molar-refractivity contribution in [2.24, 2.45) is 0 Å². The fourth-order valence-corrected chi connectivity index (χ4v) is 5.17. The topological polar surface area (TPSA) is 43.6 Å². The van der Waals surface area contributed by atoms with Crippen LogP contribution in [0.15, 0.2) is 132 Å². The van der Waals surface area contributed by atoms with Crippen molar-refractivity contribution in [3.63, 3.8) is 0 Å². The maximum absolute atomic E-state index is 5.02. The maximum atomic E-state index is 5.02. The van der Waals surface area contributed by atoms with Gasteiger partial charge in [0.25, 0.3) is 0 Å². The van der Waals surface area contributed by atoms with Gasteiger partial charge >= 0.3 is 0 Å². The van der Waals surface area contributed by atoms with E-state index in [1.165, 1.54) is 0 Å². The van der Waals surface area contributed by atoms with Crippen LogP contribution in [0.1, 0.15) is 0 Å². The lowest BCUT2D eigenvalue weighted by Gasteiger charge is -2.11. The molecule has 0 N–H and O–H groups in total. The van der Waals surface area contributed by atoms with Crippen molar-refractivity contribution < 1.29 is 0 Å². The third-order valence-electron chi connectivity index (χ3n) is 6.74. The van der Waals surface area contributed by atoms with Gasteiger partial charge in [-0.05, 0) is 35.4 Å². The number of hydrogen-bond acceptors (Lipinski definition) is 3. The molecule has 0 bridgehead atoms. The summed E-state index contributed by atoms with van der Waals surface area (Å²) in [5, 5.41) is 2.32. The first-order valence-corrected chi connectivity index (χ1v) is 13.2. The Morgan fingerprint density at radius 2 is 1.00 bits per heavy atom. The molecule has 0 aliphatic rings. The number of rotatable bonds is 4. The molecule has 2 aromatic heterocycles. The monoisotopic (exact) mass is 552 g/mol. The summed E-state index contributed by atoms with van der Waals surface area (Å²) in [7, 11) is 0. The van der Waals surface area contributed by atoms with Crippen LogP contribution in [0.2, 0.25) is 0 Å². The molecule has 0 saturated heterocycles. The molecule has 0 atom stereocenters. The second-order valence-corrected chi connectivity index (χ2v) is 10.0. The highest BCUT2D eigenvalue weighted by Gasteiger charge is 2.18. The lowest BCUT2D eigenvalue weighted by Crippen LogP contribution is -2.06. The van der Waals surface area contributed by atoms with E-state index in [4.69, 9.17) is 15.0 Å². The van der Waals surface area contributed by atoms with Crippen LogP contribution in [0.5, 0.6) is 0 Å². The second-order valence-electron chi connectivity index (χ2n) is 9.11. The smallest absolute Gasteiger partial charge is 0.238 e. The molecule has 7 rings (SSSR count). The Hall–Kier alpha value is -4.61. The van der Waals surface area contributed by atoms with E-state index in [0.29, 0.717) is 17.6 Å². The number of fused-ring (bicyclic) bond motifs is 3. The molecule has 7 aromatic rings. The molecule has 0 saturated carbocycles. The third kappa shape index (κ3) is 3.98. The minimum atomic E-state index is 0.594. The maximum Gasteiger partial charge on any atom is 0.238 e. The average Bonchev–Trinajstić information content (AvgIpc) is 3.32. The summed E-state index contributed by atoms with van der Waals surface area (Å²) in [6, 6.07) is 43.6. The van der Waals surface area contributed by atoms with Crippen molar-refractivity contribution in [3.8, 4) is 39.9 Å². The number of hydrogen-bond donors (Lipinski definition) is 0. The summed E-state index contributed by atoms with van der Waals surface area (Å²) in [6.45, 7) is 0. The molecule has 0 radical (unpaired) electrons. The van der Waals surface area contributed by atoms with Crippen molar-refractivity contribution in [1.82, 2.24) is 19.5 Å². The van der Waals surface area contributed by atoms with Crippen LogP contribution in [0.4, 0.5) is 0 Å². The number of para-hydroxylation sites is 1. The van der Waals surface area contributed by atoms with E-state index < -0.39 is 0 Å². The van der Waals surface area contributed by atoms with Gasteiger partial charge < -0.3 is 0 Å². The molecule has 0 aliphatic heterocycles. The summed E-state index contributed by atoms with van der Waals surface area (Å²) in [4.78, 5) is 14.9. The minimum Gasteiger partial charge on any atom is -0.278 e. The van der Waals surface area contributed by atoms with Gasteiger partial charge in [0.1, 0.15) is 0 Å². The summed E-state index contributed by atoms with van der Waals surface area (Å²) >= 11 is 3.55. The first-order chi connectivity index (χ1) is 18.7. The molecule has 0 unspecified atom stereocenters. The number of nitrogens with zero attached hydrogens (tertiary/aromatic N) is 4. The Morgan fingerprint density at radius 3 is 1.66 bits per heavy atom. The number of halogens is 1. The first kappa shape index (κ1) is 22.6. The molecular formula is C33H21BrN4. The Morgan fingerprint density at radius 1 is 0.447 bits per heavy atom. The Balaban J connectivity index is 1.53. The molecule has 0 aliphatic carbocycles. The van der Waals surface area contributed by atoms with Crippen LogP contribution in [0.25, 0.3) is 61.7 Å². The predicted molar refractivity (Wildman–Crippen MR) is 158 cm³/mol. The van der Waals surface area contributed by atoms with Crippen molar-refractivity contribution in [3.05, 3.63) is 132 Å². The van der Waals surface area contributed by atoms with Crippen LogP contribution >= 0.6 is 15.9 Å². The molecule has 38 heavy (non-hydrogen) atoms. The third-order valence-corrected chi connectivity index (χ3v) is 7.27. The lowest BCUT2D eigenvalue weighted by atomic mass is 10.0. The van der Waals surface area contributed by atoms with Gasteiger partial charge in [0.05, 0.1) is 11.0 Å². The van der Waals surface area contributed by atoms with Crippen LogP contribution < -0.4 is 0 Å². The van der Waals surface area contributed by atoms with Crippen molar-refractivity contribution in [2.45, 2.75) is 0 Å². The molecule has 4 nitrogen and oxygen atoms in total. The Labute approximate surface area is 228 Å². The lowest BCUT2D eigenvalue weighted by molar-refractivity contribution is 0.953. The van der Waals surface area contributed by atoms with E-state index in [0.717, 1.165) is 48.5 Å². The quantitative estimate of drug-likeness (QED) is 0.219. The van der Waals surface area contributed by atoms with Crippen LogP contribution in [0.3, 0.4) is 0 Å². The standard InChI is InChI=1S/C33H21BrN4/c34-26-18-15-22(16-19-26)25-17-20-28-27-13-7-8-14-29(27)38(30(28)21-25)33-36-31(23-9-3-1-4-10-23)35-32(37-33)24-11-5-2-6-12-24/h1-21H. The highest BCUT2D eigenvalue weighted by atomic mass is 79.9. The molecule has 2 heterocycles. The highest BCUT2D eigenvalue weighted by Crippen LogP contribution is 2.35. The van der Waals surface area contributed by atoms with Gasteiger partial charge in [-0.2, -0.15) is 9.97 Å². The van der Waals surface area contributed by atoms with E-state index in [1.807, 2.05) is 60.7 Å². The van der Waals surface area contributed by atoms with E-state index in [2.05, 4.69) is 87.2 Å². The van der Waals surface area contributed by atoms with Crippen LogP contribution in [-0.2, 0) is 0 Å². The van der Waals surface area contributed by atoms with Gasteiger partial charge in [-0.1, -0.05) is 119 Å². The molecule has 0 fully saturated rings. The van der Waals surface area contributed by atoms with Gasteiger partial charge in [-0.25, -0.2) is 4.98 Å². The van der Waals surface area contributed by atoms with Gasteiger partial charge in [0.2, 0.25) is 5.95 Å². The van der Waals surface area contributed by atoms with Crippen LogP contribution in [0, 0.1) is 0 Å². The summed E-state index contributed by atoms with van der Waals surface area (Å²) in [5.74, 6) is 1.88. The Bertz CT molecular complexity index is 1850. The van der Waals surface area contributed by atoms with E-state index >= 15 is 0 Å². The molecule has 180 valence electrons. The van der Waals surface area contributed by atoms with Crippen LogP contribution in [-0.4, -0.2) is 19.5 Å². The summed E-state index contributed by atoms with van der Waals surface area (Å²) in [5.41, 5.74) is 6.29. The molecule has 0 spiro atoms. The number of aromatic nitrogens is 4. The largest absolute Gasteiger partial charge is 0.278 e. The zero-order chi connectivity index (χ0) is 25.5. The minimum absolute atomic E-state index is 0.594. The van der Waals surface area contributed by atoms with Crippen molar-refractivity contribution in [2.75, 3.05) is 0 Å². The van der Waals surface area contributed by atoms with Crippen molar-refractivity contribution >= 4 is 37.7 Å². The zero-order valence-electron chi connectivity index (χ0n) is 20.3. The fraction of sp³-hybridized carbons (Fsp3) is 0. The average molecular weight is 553 g/mol. The molecule has 5 heteroatoms. The fourth-order valence-electron chi connectivity index (χ4n) is 4.91. The van der Waals surface area contributed by atoms with E-state index in [9.17, 15) is 0 Å². The normalized spacial score (nSPS) is 11.3. The number of benzene rings is 5. The van der Waals surface area contributed by atoms with Crippen molar-refractivity contribution in [1.29, 1.82) is 0 Å². The zero-order valence-corrected chi connectivity index (χ0v) is 21.9. The molecular weight excluding hydrogens is 532 g/mol. The van der Waals surface area contributed by atoms with Gasteiger partial charge in [0, 0.05) is 26.4 Å². The highest BCUT2D eigenvalue weighted by molar-refractivity contribution is 9.10. The molecule has 5 aromatic carbocycles. The van der Waals surface area contributed by atoms with E-state index in [1.54, 1.807) is 0 Å². The summed E-state index contributed by atoms with van der Waals surface area (Å²) in [6.07, 6.45) is 0. The van der Waals surface area contributed by atoms with Gasteiger partial charge in [0.15, 0.2) is 11.6 Å².